The Balaban J connectivity index is 0. The predicted molar refractivity (Wildman–Crippen MR) is 117 cm³/mol. The van der Waals surface area contributed by atoms with Gasteiger partial charge in [-0.05, 0) is 52.6 Å². The van der Waals surface area contributed by atoms with Crippen LogP contribution in [-0.4, -0.2) is 72.7 Å². The van der Waals surface area contributed by atoms with E-state index in [2.05, 4.69) is 13.1 Å². The average Bonchev–Trinajstić information content (AvgIpc) is 2.47. The zero-order valence-electron chi connectivity index (χ0n) is 18.3. The highest BCUT2D eigenvalue weighted by molar-refractivity contribution is 6.71. The van der Waals surface area contributed by atoms with Crippen molar-refractivity contribution in [1.29, 1.82) is 0 Å². The predicted octanol–water partition coefficient (Wildman–Crippen LogP) is 2.39. The molecule has 0 aliphatic heterocycles. The summed E-state index contributed by atoms with van der Waals surface area (Å²) in [6.07, 6.45) is -0.262. The maximum Gasteiger partial charge on any atom is 0.330 e. The molecule has 0 radical (unpaired) electrons. The molecule has 0 rings (SSSR count). The zero-order chi connectivity index (χ0) is 21.9. The molecule has 3 N–H and O–H groups in total. The highest BCUT2D eigenvalue weighted by Gasteiger charge is 2.47. The van der Waals surface area contributed by atoms with E-state index in [1.165, 1.54) is 13.0 Å². The van der Waals surface area contributed by atoms with E-state index in [-0.39, 0.29) is 15.1 Å². The number of aliphatic hydroxyl groups excluding tert-OH is 2. The van der Waals surface area contributed by atoms with Crippen molar-refractivity contribution in [3.8, 4) is 0 Å². The Morgan fingerprint density at radius 2 is 1.56 bits per heavy atom. The first-order chi connectivity index (χ1) is 12.1. The lowest BCUT2D eigenvalue weighted by Crippen LogP contribution is -2.60. The summed E-state index contributed by atoms with van der Waals surface area (Å²) in [7, 11) is -4.06. The number of carbonyl (C=O) groups is 1. The van der Waals surface area contributed by atoms with Gasteiger partial charge in [-0.1, -0.05) is 19.2 Å². The molecule has 0 aliphatic carbocycles. The van der Waals surface area contributed by atoms with Gasteiger partial charge in [0, 0.05) is 15.1 Å². The van der Waals surface area contributed by atoms with Gasteiger partial charge in [0.1, 0.15) is 0 Å². The lowest BCUT2D eigenvalue weighted by atomic mass is 10.3. The zero-order valence-corrected chi connectivity index (χ0v) is 21.7. The van der Waals surface area contributed by atoms with E-state index >= 15 is 0 Å². The van der Waals surface area contributed by atoms with E-state index in [1.807, 2.05) is 39.3 Å². The van der Waals surface area contributed by atoms with Crippen molar-refractivity contribution >= 4 is 32.1 Å². The van der Waals surface area contributed by atoms with Gasteiger partial charge >= 0.3 is 5.97 Å². The number of hydrogen-bond acceptors (Lipinski definition) is 6. The summed E-state index contributed by atoms with van der Waals surface area (Å²) >= 11 is 0. The van der Waals surface area contributed by atoms with Gasteiger partial charge < -0.3 is 28.9 Å². The van der Waals surface area contributed by atoms with Gasteiger partial charge in [-0.2, -0.15) is 0 Å². The van der Waals surface area contributed by atoms with Crippen LogP contribution in [0.25, 0.3) is 0 Å². The van der Waals surface area contributed by atoms with Crippen molar-refractivity contribution < 1.29 is 33.7 Å². The largest absolute Gasteiger partial charge is 0.478 e. The maximum absolute atomic E-state index is 10.3. The van der Waals surface area contributed by atoms with Gasteiger partial charge in [-0.15, -0.1) is 0 Å². The molecular formula is C17H40O7Si3. The first kappa shape index (κ1) is 28.9. The van der Waals surface area contributed by atoms with Crippen molar-refractivity contribution in [2.75, 3.05) is 13.2 Å². The summed E-state index contributed by atoms with van der Waals surface area (Å²) in [6.45, 7) is 19.0. The summed E-state index contributed by atoms with van der Waals surface area (Å²) in [5.41, 5.74) is 0.176. The fourth-order valence-corrected chi connectivity index (χ4v) is 4.81. The molecule has 0 aromatic carbocycles. The Labute approximate surface area is 168 Å². The number of carboxylic acid groups (broad SMARTS) is 1. The maximum atomic E-state index is 10.3. The number of ether oxygens (including phenoxy) is 1. The minimum Gasteiger partial charge on any atom is -0.478 e. The number of aliphatic carboxylic acids is 1. The van der Waals surface area contributed by atoms with Gasteiger partial charge in [0.25, 0.3) is 5.97 Å². The van der Waals surface area contributed by atoms with Gasteiger partial charge in [-0.25, -0.2) is 4.79 Å². The van der Waals surface area contributed by atoms with Crippen LogP contribution >= 0.6 is 0 Å². The van der Waals surface area contributed by atoms with Crippen LogP contribution in [0.2, 0.25) is 51.9 Å². The summed E-state index contributed by atoms with van der Waals surface area (Å²) in [5, 5.41) is 27.6. The molecule has 0 aromatic heterocycles. The van der Waals surface area contributed by atoms with E-state index < -0.39 is 41.3 Å². The standard InChI is InChI=1S/C13H34O5Si3.C4H6O2/c1-19-10-8-9-16-13(12(15)11-14,17-20(2,3)4)18-21(5,6)7;1-3(2)4(5)6/h12,14-15H,8-11,19H2,1-7H3;1H2,2H3,(H,5,6). The molecule has 27 heavy (non-hydrogen) atoms. The Morgan fingerprint density at radius 1 is 1.15 bits per heavy atom. The van der Waals surface area contributed by atoms with Crippen LogP contribution in [-0.2, 0) is 18.4 Å². The third-order valence-electron chi connectivity index (χ3n) is 2.89. The van der Waals surface area contributed by atoms with E-state index in [4.69, 9.17) is 18.7 Å². The fourth-order valence-electron chi connectivity index (χ4n) is 1.84. The van der Waals surface area contributed by atoms with Crippen molar-refractivity contribution in [3.63, 3.8) is 0 Å². The number of carboxylic acids is 1. The van der Waals surface area contributed by atoms with Crippen LogP contribution in [0, 0.1) is 0 Å². The summed E-state index contributed by atoms with van der Waals surface area (Å²) < 4.78 is 18.0. The normalized spacial score (nSPS) is 14.0. The SMILES string of the molecule is C=C(C)C(=O)O.C[SiH2]CCCOC(O[Si](C)(C)C)(O[Si](C)(C)C)C(O)CO. The quantitative estimate of drug-likeness (QED) is 0.185. The number of rotatable bonds is 12. The lowest BCUT2D eigenvalue weighted by Gasteiger charge is -2.44. The minimum atomic E-state index is -2.03. The van der Waals surface area contributed by atoms with E-state index in [9.17, 15) is 15.0 Å². The van der Waals surface area contributed by atoms with Crippen LogP contribution in [0.3, 0.4) is 0 Å². The molecule has 7 nitrogen and oxygen atoms in total. The first-order valence-corrected chi connectivity index (χ1v) is 18.5. The molecule has 0 saturated heterocycles. The molecule has 0 fully saturated rings. The molecule has 0 aliphatic rings. The van der Waals surface area contributed by atoms with Crippen LogP contribution in [0.5, 0.6) is 0 Å². The fraction of sp³-hybridized carbons (Fsp3) is 0.824. The molecule has 0 spiro atoms. The highest BCUT2D eigenvalue weighted by atomic mass is 28.4. The van der Waals surface area contributed by atoms with E-state index in [0.717, 1.165) is 6.42 Å². The van der Waals surface area contributed by atoms with Crippen LogP contribution in [0.15, 0.2) is 12.2 Å². The second-order valence-corrected chi connectivity index (χ2v) is 18.9. The van der Waals surface area contributed by atoms with Crippen LogP contribution < -0.4 is 0 Å². The molecule has 162 valence electrons. The molecule has 0 amide bonds. The monoisotopic (exact) mass is 440 g/mol. The van der Waals surface area contributed by atoms with Crippen LogP contribution in [0.4, 0.5) is 0 Å². The molecule has 1 unspecified atom stereocenters. The van der Waals surface area contributed by atoms with E-state index in [0.29, 0.717) is 6.61 Å². The van der Waals surface area contributed by atoms with Crippen LogP contribution in [0.1, 0.15) is 13.3 Å². The van der Waals surface area contributed by atoms with E-state index in [1.54, 1.807) is 0 Å². The van der Waals surface area contributed by atoms with Crippen molar-refractivity contribution in [2.24, 2.45) is 0 Å². The summed E-state index contributed by atoms with van der Waals surface area (Å²) in [4.78, 5) is 9.60. The molecule has 0 heterocycles. The third-order valence-corrected chi connectivity index (χ3v) is 5.90. The topological polar surface area (TPSA) is 105 Å². The van der Waals surface area contributed by atoms with Crippen molar-refractivity contribution in [2.45, 2.75) is 77.3 Å². The molecule has 0 bridgehead atoms. The average molecular weight is 441 g/mol. The summed E-state index contributed by atoms with van der Waals surface area (Å²) in [6, 6.07) is 1.19. The molecule has 1 atom stereocenters. The minimum absolute atomic E-state index is 0.00180. The summed E-state index contributed by atoms with van der Waals surface area (Å²) in [5.74, 6) is -2.46. The smallest absolute Gasteiger partial charge is 0.330 e. The second-order valence-electron chi connectivity index (χ2n) is 8.37. The Bertz CT molecular complexity index is 417. The lowest BCUT2D eigenvalue weighted by molar-refractivity contribution is -0.356. The first-order valence-electron chi connectivity index (χ1n) is 9.32. The number of aliphatic hydroxyl groups is 2. The Kier molecular flexibility index (Phi) is 13.9. The third kappa shape index (κ3) is 15.3. The Hall–Kier alpha value is -0.339. The number of hydrogen-bond donors (Lipinski definition) is 3. The van der Waals surface area contributed by atoms with Gasteiger partial charge in [-0.3, -0.25) is 0 Å². The van der Waals surface area contributed by atoms with Crippen molar-refractivity contribution in [1.82, 2.24) is 0 Å². The van der Waals surface area contributed by atoms with Gasteiger partial charge in [0.2, 0.25) is 0 Å². The van der Waals surface area contributed by atoms with Gasteiger partial charge in [0.05, 0.1) is 13.2 Å². The molecular weight excluding hydrogens is 400 g/mol. The molecule has 0 saturated carbocycles. The van der Waals surface area contributed by atoms with Crippen molar-refractivity contribution in [3.05, 3.63) is 12.2 Å². The Morgan fingerprint density at radius 3 is 1.81 bits per heavy atom. The molecule has 0 aromatic rings. The molecule has 10 heteroatoms. The highest BCUT2D eigenvalue weighted by Crippen LogP contribution is 2.29. The second kappa shape index (κ2) is 13.0. The van der Waals surface area contributed by atoms with Gasteiger partial charge in [0.15, 0.2) is 22.7 Å².